The molecule has 3 atom stereocenters. The van der Waals surface area contributed by atoms with Gasteiger partial charge >= 0.3 is 15.6 Å². The molecule has 0 N–H and O–H groups in total. The SMILES string of the molecule is C=C1C[C@H](c2c(OP(=O)(OCC)OCC)cc(C(C)(C)CCCCCC)cc2OP(=O)(OCC)OCC)[C@H]2C[C@@H]1C2(C)C. The van der Waals surface area contributed by atoms with Gasteiger partial charge in [-0.2, -0.15) is 0 Å². The van der Waals surface area contributed by atoms with Gasteiger partial charge < -0.3 is 9.05 Å². The summed E-state index contributed by atoms with van der Waals surface area (Å²) in [7, 11) is -7.96. The summed E-state index contributed by atoms with van der Waals surface area (Å²) in [5.41, 5.74) is 2.49. The van der Waals surface area contributed by atoms with Crippen LogP contribution >= 0.6 is 15.6 Å². The first-order chi connectivity index (χ1) is 20.2. The smallest absolute Gasteiger partial charge is 0.404 e. The van der Waals surface area contributed by atoms with E-state index in [1.165, 1.54) is 12.0 Å². The lowest BCUT2D eigenvalue weighted by Crippen LogP contribution is -2.52. The minimum Gasteiger partial charge on any atom is -0.404 e. The Bertz CT molecular complexity index is 1120. The van der Waals surface area contributed by atoms with Gasteiger partial charge in [0.05, 0.1) is 26.4 Å². The van der Waals surface area contributed by atoms with E-state index in [1.807, 2.05) is 12.1 Å². The third-order valence-corrected chi connectivity index (χ3v) is 12.4. The predicted octanol–water partition coefficient (Wildman–Crippen LogP) is 10.8. The maximum atomic E-state index is 13.9. The third kappa shape index (κ3) is 8.37. The van der Waals surface area contributed by atoms with Gasteiger partial charge in [0.15, 0.2) is 0 Å². The van der Waals surface area contributed by atoms with Gasteiger partial charge in [-0.05, 0) is 93.2 Å². The Morgan fingerprint density at radius 2 is 1.33 bits per heavy atom. The lowest BCUT2D eigenvalue weighted by molar-refractivity contribution is -0.0442. The third-order valence-electron chi connectivity index (χ3n) is 9.28. The molecule has 0 aliphatic heterocycles. The van der Waals surface area contributed by atoms with E-state index in [1.54, 1.807) is 27.7 Å². The van der Waals surface area contributed by atoms with Crippen molar-refractivity contribution in [2.75, 3.05) is 26.4 Å². The van der Waals surface area contributed by atoms with E-state index in [0.29, 0.717) is 29.4 Å². The average molecular weight is 643 g/mol. The molecule has 0 saturated heterocycles. The van der Waals surface area contributed by atoms with Crippen molar-refractivity contribution in [3.8, 4) is 11.5 Å². The highest BCUT2D eigenvalue weighted by atomic mass is 31.2. The van der Waals surface area contributed by atoms with Crippen LogP contribution in [0.3, 0.4) is 0 Å². The molecule has 0 spiro atoms. The second-order valence-corrected chi connectivity index (χ2v) is 16.2. The van der Waals surface area contributed by atoms with E-state index in [0.717, 1.165) is 37.7 Å². The van der Waals surface area contributed by atoms with E-state index in [2.05, 4.69) is 41.2 Å². The fourth-order valence-corrected chi connectivity index (χ4v) is 9.31. The molecule has 4 rings (SSSR count). The Morgan fingerprint density at radius 3 is 1.72 bits per heavy atom. The summed E-state index contributed by atoms with van der Waals surface area (Å²) in [6, 6.07) is 3.92. The second kappa shape index (κ2) is 15.0. The summed E-state index contributed by atoms with van der Waals surface area (Å²) in [6.45, 7) is 23.2. The van der Waals surface area contributed by atoms with E-state index in [4.69, 9.17) is 27.1 Å². The van der Waals surface area contributed by atoms with Gasteiger partial charge in [0.2, 0.25) is 0 Å². The van der Waals surface area contributed by atoms with Crippen LogP contribution in [0.5, 0.6) is 11.5 Å². The standard InChI is InChI=1S/C33H56O8P2/c1-11-16-17-18-19-32(7,8)25-21-29(40-42(34,36-12-2)37-13-3)31(26-20-24(6)27-23-28(26)33(27,9)10)30(22-25)41-43(35,38-14-4)39-15-5/h21-22,26-28H,6,11-20,23H2,1-5,7-10H3/t26-,27-,28+/m0/s1. The molecule has 0 amide bonds. The minimum atomic E-state index is -3.98. The first-order valence-electron chi connectivity index (χ1n) is 16.2. The highest BCUT2D eigenvalue weighted by molar-refractivity contribution is 7.49. The predicted molar refractivity (Wildman–Crippen MR) is 173 cm³/mol. The molecule has 0 unspecified atom stereocenters. The fraction of sp³-hybridized carbons (Fsp3) is 0.758. The molecule has 0 aromatic heterocycles. The number of rotatable bonds is 19. The Labute approximate surface area is 260 Å². The van der Waals surface area contributed by atoms with E-state index >= 15 is 0 Å². The lowest BCUT2D eigenvalue weighted by Gasteiger charge is -2.61. The molecule has 3 saturated carbocycles. The highest BCUT2D eigenvalue weighted by Gasteiger charge is 2.57. The molecule has 43 heavy (non-hydrogen) atoms. The first kappa shape index (κ1) is 36.3. The topological polar surface area (TPSA) is 89.5 Å². The van der Waals surface area contributed by atoms with Crippen LogP contribution in [0, 0.1) is 17.3 Å². The number of unbranched alkanes of at least 4 members (excludes halogenated alkanes) is 3. The van der Waals surface area contributed by atoms with Crippen molar-refractivity contribution in [2.45, 2.75) is 119 Å². The summed E-state index contributed by atoms with van der Waals surface area (Å²) < 4.78 is 62.8. The van der Waals surface area contributed by atoms with Crippen LogP contribution in [-0.4, -0.2) is 26.4 Å². The van der Waals surface area contributed by atoms with E-state index in [-0.39, 0.29) is 49.1 Å². The molecule has 246 valence electrons. The molecular formula is C33H56O8P2. The molecule has 8 nitrogen and oxygen atoms in total. The van der Waals surface area contributed by atoms with Gasteiger partial charge in [-0.1, -0.05) is 72.5 Å². The molecule has 10 heteroatoms. The number of phosphoric acid groups is 2. The zero-order valence-corrected chi connectivity index (χ0v) is 29.8. The normalized spacial score (nSPS) is 21.9. The van der Waals surface area contributed by atoms with E-state index < -0.39 is 15.6 Å². The molecule has 3 fully saturated rings. The van der Waals surface area contributed by atoms with Crippen molar-refractivity contribution in [1.82, 2.24) is 0 Å². The summed E-state index contributed by atoms with van der Waals surface area (Å²) in [5, 5.41) is 0. The van der Waals surface area contributed by atoms with Crippen molar-refractivity contribution < 1.29 is 36.3 Å². The quantitative estimate of drug-likeness (QED) is 0.0836. The number of benzene rings is 1. The van der Waals surface area contributed by atoms with Crippen LogP contribution in [0.25, 0.3) is 0 Å². The van der Waals surface area contributed by atoms with Crippen LogP contribution in [0.4, 0.5) is 0 Å². The van der Waals surface area contributed by atoms with Crippen molar-refractivity contribution in [3.63, 3.8) is 0 Å². The molecule has 3 aliphatic rings. The zero-order chi connectivity index (χ0) is 32.1. The molecule has 1 aromatic carbocycles. The number of fused-ring (bicyclic) bond motifs is 2. The zero-order valence-electron chi connectivity index (χ0n) is 28.0. The van der Waals surface area contributed by atoms with Gasteiger partial charge in [-0.3, -0.25) is 18.1 Å². The monoisotopic (exact) mass is 642 g/mol. The largest absolute Gasteiger partial charge is 0.530 e. The second-order valence-electron chi connectivity index (χ2n) is 13.0. The lowest BCUT2D eigenvalue weighted by atomic mass is 9.43. The Morgan fingerprint density at radius 1 is 0.837 bits per heavy atom. The number of hydrogen-bond acceptors (Lipinski definition) is 8. The Balaban J connectivity index is 2.28. The summed E-state index contributed by atoms with van der Waals surface area (Å²) >= 11 is 0. The molecule has 0 radical (unpaired) electrons. The van der Waals surface area contributed by atoms with Crippen LogP contribution in [0.1, 0.15) is 124 Å². The minimum absolute atomic E-state index is 0.0127. The maximum Gasteiger partial charge on any atom is 0.530 e. The number of allylic oxidation sites excluding steroid dienone is 1. The summed E-state index contributed by atoms with van der Waals surface area (Å²) in [4.78, 5) is 0. The van der Waals surface area contributed by atoms with Crippen molar-refractivity contribution in [2.24, 2.45) is 17.3 Å². The van der Waals surface area contributed by atoms with Crippen LogP contribution in [0.2, 0.25) is 0 Å². The molecule has 3 aliphatic carbocycles. The van der Waals surface area contributed by atoms with Gasteiger partial charge in [0.1, 0.15) is 11.5 Å². The van der Waals surface area contributed by atoms with Crippen LogP contribution < -0.4 is 9.05 Å². The van der Waals surface area contributed by atoms with Crippen LogP contribution in [-0.2, 0) is 32.6 Å². The Hall–Kier alpha value is -1.14. The fourth-order valence-electron chi connectivity index (χ4n) is 6.90. The van der Waals surface area contributed by atoms with Crippen molar-refractivity contribution in [1.29, 1.82) is 0 Å². The molecule has 1 aromatic rings. The molecular weight excluding hydrogens is 586 g/mol. The highest BCUT2D eigenvalue weighted by Crippen LogP contribution is 2.68. The maximum absolute atomic E-state index is 13.9. The van der Waals surface area contributed by atoms with Gasteiger partial charge in [-0.15, -0.1) is 0 Å². The molecule has 0 heterocycles. The number of phosphoric ester groups is 2. The summed E-state index contributed by atoms with van der Waals surface area (Å²) in [5.74, 6) is 1.38. The van der Waals surface area contributed by atoms with E-state index in [9.17, 15) is 9.13 Å². The van der Waals surface area contributed by atoms with Crippen molar-refractivity contribution in [3.05, 3.63) is 35.4 Å². The van der Waals surface area contributed by atoms with Crippen molar-refractivity contribution >= 4 is 15.6 Å². The van der Waals surface area contributed by atoms with Gasteiger partial charge in [-0.25, -0.2) is 9.13 Å². The average Bonchev–Trinajstić information content (AvgIpc) is 2.90. The Kier molecular flexibility index (Phi) is 12.6. The van der Waals surface area contributed by atoms with Gasteiger partial charge in [0.25, 0.3) is 0 Å². The summed E-state index contributed by atoms with van der Waals surface area (Å²) in [6.07, 6.45) is 7.16. The first-order valence-corrected chi connectivity index (χ1v) is 19.2. The molecule has 2 bridgehead atoms. The number of hydrogen-bond donors (Lipinski definition) is 0. The van der Waals surface area contributed by atoms with Crippen LogP contribution in [0.15, 0.2) is 24.3 Å². The van der Waals surface area contributed by atoms with Gasteiger partial charge in [0, 0.05) is 5.56 Å².